The number of allylic oxidation sites excluding steroid dienone is 2. The number of aliphatic carboxylic acids is 1. The van der Waals surface area contributed by atoms with Crippen molar-refractivity contribution >= 4 is 5.97 Å². The number of hydrogen-bond acceptors (Lipinski definition) is 1. The Morgan fingerprint density at radius 3 is 1.05 bits per heavy atom. The molecule has 0 spiro atoms. The number of rotatable bonds is 35. The van der Waals surface area contributed by atoms with Crippen LogP contribution in [0.2, 0.25) is 0 Å². The average Bonchev–Trinajstić information content (AvgIpc) is 2.97. The minimum Gasteiger partial charge on any atom is -0.481 e. The lowest BCUT2D eigenvalue weighted by Crippen LogP contribution is -2.13. The van der Waals surface area contributed by atoms with Crippen LogP contribution in [0.25, 0.3) is 0 Å². The van der Waals surface area contributed by atoms with E-state index in [0.29, 0.717) is 0 Å². The summed E-state index contributed by atoms with van der Waals surface area (Å²) in [5, 5.41) is 9.63. The Hall–Kier alpha value is -0.790. The van der Waals surface area contributed by atoms with Crippen LogP contribution in [0.15, 0.2) is 12.2 Å². The first kappa shape index (κ1) is 41.2. The van der Waals surface area contributed by atoms with E-state index < -0.39 is 5.97 Å². The fourth-order valence-corrected chi connectivity index (χ4v) is 6.27. The molecule has 1 atom stereocenters. The van der Waals surface area contributed by atoms with E-state index in [2.05, 4.69) is 32.9 Å². The lowest BCUT2D eigenvalue weighted by atomic mass is 9.94. The summed E-state index contributed by atoms with van der Waals surface area (Å²) in [4.78, 5) is 11.7. The fourth-order valence-electron chi connectivity index (χ4n) is 6.27. The monoisotopic (exact) mass is 591 g/mol. The Bertz CT molecular complexity index is 552. The van der Waals surface area contributed by atoms with Gasteiger partial charge in [0.05, 0.1) is 5.92 Å². The zero-order chi connectivity index (χ0) is 30.8. The van der Waals surface area contributed by atoms with Gasteiger partial charge in [0.1, 0.15) is 0 Å². The summed E-state index contributed by atoms with van der Waals surface area (Å²) >= 11 is 0. The highest BCUT2D eigenvalue weighted by Gasteiger charge is 2.16. The standard InChI is InChI=1S/C40H78O2/c1-4-5-6-7-8-9-10-11-12-13-14-15-16-17-18-21-24-27-30-33-36-39(40(41)42)37-34-31-28-25-22-19-20-23-26-29-32-35-38(2)3/h11-12,38-39H,4-10,13-37H2,1-3H3,(H,41,42)/b12-11-. The summed E-state index contributed by atoms with van der Waals surface area (Å²) in [6, 6.07) is 0. The van der Waals surface area contributed by atoms with Crippen molar-refractivity contribution in [1.82, 2.24) is 0 Å². The number of carboxylic acid groups (broad SMARTS) is 1. The molecule has 0 saturated heterocycles. The zero-order valence-electron chi connectivity index (χ0n) is 29.3. The third-order valence-corrected chi connectivity index (χ3v) is 9.25. The summed E-state index contributed by atoms with van der Waals surface area (Å²) < 4.78 is 0. The average molecular weight is 591 g/mol. The van der Waals surface area contributed by atoms with Gasteiger partial charge in [0.2, 0.25) is 0 Å². The third-order valence-electron chi connectivity index (χ3n) is 9.25. The number of hydrogen-bond donors (Lipinski definition) is 1. The van der Waals surface area contributed by atoms with Crippen molar-refractivity contribution in [2.24, 2.45) is 11.8 Å². The summed E-state index contributed by atoms with van der Waals surface area (Å²) in [6.07, 6.45) is 46.9. The molecule has 0 aliphatic carbocycles. The van der Waals surface area contributed by atoms with Gasteiger partial charge in [-0.25, -0.2) is 0 Å². The van der Waals surface area contributed by atoms with Gasteiger partial charge in [-0.3, -0.25) is 4.79 Å². The predicted molar refractivity (Wildman–Crippen MR) is 189 cm³/mol. The molecule has 0 aromatic carbocycles. The van der Waals surface area contributed by atoms with Crippen LogP contribution < -0.4 is 0 Å². The van der Waals surface area contributed by atoms with Crippen LogP contribution in [-0.2, 0) is 4.79 Å². The van der Waals surface area contributed by atoms with E-state index in [1.807, 2.05) is 0 Å². The molecule has 0 rings (SSSR count). The van der Waals surface area contributed by atoms with Crippen LogP contribution in [0, 0.1) is 11.8 Å². The molecule has 0 heterocycles. The van der Waals surface area contributed by atoms with Crippen molar-refractivity contribution in [2.75, 3.05) is 0 Å². The molecule has 0 radical (unpaired) electrons. The van der Waals surface area contributed by atoms with Crippen molar-refractivity contribution in [2.45, 2.75) is 226 Å². The van der Waals surface area contributed by atoms with Crippen molar-refractivity contribution in [3.05, 3.63) is 12.2 Å². The summed E-state index contributed by atoms with van der Waals surface area (Å²) in [6.45, 7) is 6.93. The molecular formula is C40H78O2. The second-order valence-corrected chi connectivity index (χ2v) is 14.0. The largest absolute Gasteiger partial charge is 0.481 e. The van der Waals surface area contributed by atoms with E-state index in [9.17, 15) is 9.90 Å². The SMILES string of the molecule is CCCCCCCC/C=C\CCCCCCCCCCCCC(CCCCCCCCCCCCCC(C)C)C(=O)O. The summed E-state index contributed by atoms with van der Waals surface area (Å²) in [7, 11) is 0. The maximum atomic E-state index is 11.7. The van der Waals surface area contributed by atoms with Crippen LogP contribution in [-0.4, -0.2) is 11.1 Å². The van der Waals surface area contributed by atoms with Crippen molar-refractivity contribution in [3.8, 4) is 0 Å². The lowest BCUT2D eigenvalue weighted by molar-refractivity contribution is -0.142. The molecule has 250 valence electrons. The first-order valence-corrected chi connectivity index (χ1v) is 19.5. The molecule has 0 aliphatic heterocycles. The molecule has 1 N–H and O–H groups in total. The Balaban J connectivity index is 3.40. The van der Waals surface area contributed by atoms with Crippen LogP contribution >= 0.6 is 0 Å². The van der Waals surface area contributed by atoms with Gasteiger partial charge < -0.3 is 5.11 Å². The highest BCUT2D eigenvalue weighted by molar-refractivity contribution is 5.69. The molecule has 42 heavy (non-hydrogen) atoms. The van der Waals surface area contributed by atoms with E-state index in [1.54, 1.807) is 0 Å². The number of carbonyl (C=O) groups is 1. The van der Waals surface area contributed by atoms with Gasteiger partial charge in [-0.1, -0.05) is 200 Å². The molecule has 1 unspecified atom stereocenters. The van der Waals surface area contributed by atoms with Crippen LogP contribution in [0.4, 0.5) is 0 Å². The fraction of sp³-hybridized carbons (Fsp3) is 0.925. The molecule has 0 saturated carbocycles. The highest BCUT2D eigenvalue weighted by Crippen LogP contribution is 2.20. The Kier molecular flexibility index (Phi) is 34.0. The summed E-state index contributed by atoms with van der Waals surface area (Å²) in [5.41, 5.74) is 0. The highest BCUT2D eigenvalue weighted by atomic mass is 16.4. The maximum Gasteiger partial charge on any atom is 0.306 e. The maximum absolute atomic E-state index is 11.7. The van der Waals surface area contributed by atoms with Gasteiger partial charge in [0.15, 0.2) is 0 Å². The van der Waals surface area contributed by atoms with Gasteiger partial charge in [-0.15, -0.1) is 0 Å². The van der Waals surface area contributed by atoms with E-state index in [4.69, 9.17) is 0 Å². The van der Waals surface area contributed by atoms with E-state index in [1.165, 1.54) is 180 Å². The van der Waals surface area contributed by atoms with Crippen LogP contribution in [0.3, 0.4) is 0 Å². The van der Waals surface area contributed by atoms with E-state index in [0.717, 1.165) is 31.6 Å². The predicted octanol–water partition coefficient (Wildman–Crippen LogP) is 14.4. The first-order valence-electron chi connectivity index (χ1n) is 19.5. The molecule has 2 heteroatoms. The molecule has 0 aromatic heterocycles. The smallest absolute Gasteiger partial charge is 0.306 e. The van der Waals surface area contributed by atoms with Gasteiger partial charge in [-0.2, -0.15) is 0 Å². The van der Waals surface area contributed by atoms with Crippen molar-refractivity contribution in [1.29, 1.82) is 0 Å². The Labute approximate surface area is 265 Å². The van der Waals surface area contributed by atoms with Gasteiger partial charge in [-0.05, 0) is 44.4 Å². The van der Waals surface area contributed by atoms with Crippen LogP contribution in [0.1, 0.15) is 226 Å². The van der Waals surface area contributed by atoms with E-state index in [-0.39, 0.29) is 5.92 Å². The minimum absolute atomic E-state index is 0.105. The summed E-state index contributed by atoms with van der Waals surface area (Å²) in [5.74, 6) is 0.195. The van der Waals surface area contributed by atoms with Gasteiger partial charge in [0.25, 0.3) is 0 Å². The number of unbranched alkanes of at least 4 members (excludes halogenated alkanes) is 26. The molecule has 2 nitrogen and oxygen atoms in total. The quantitative estimate of drug-likeness (QED) is 0.0588. The lowest BCUT2D eigenvalue weighted by Gasteiger charge is -2.12. The second-order valence-electron chi connectivity index (χ2n) is 14.0. The molecule has 0 aromatic rings. The van der Waals surface area contributed by atoms with Crippen LogP contribution in [0.5, 0.6) is 0 Å². The molecule has 0 amide bonds. The Morgan fingerprint density at radius 2 is 0.738 bits per heavy atom. The van der Waals surface area contributed by atoms with E-state index >= 15 is 0 Å². The van der Waals surface area contributed by atoms with Crippen molar-refractivity contribution in [3.63, 3.8) is 0 Å². The zero-order valence-corrected chi connectivity index (χ0v) is 29.3. The topological polar surface area (TPSA) is 37.3 Å². The Morgan fingerprint density at radius 1 is 0.452 bits per heavy atom. The first-order chi connectivity index (χ1) is 20.6. The molecular weight excluding hydrogens is 512 g/mol. The minimum atomic E-state index is -0.559. The normalized spacial score (nSPS) is 12.6. The molecule has 0 fully saturated rings. The van der Waals surface area contributed by atoms with Gasteiger partial charge >= 0.3 is 5.97 Å². The third kappa shape index (κ3) is 33.7. The number of carboxylic acids is 1. The van der Waals surface area contributed by atoms with Crippen molar-refractivity contribution < 1.29 is 9.90 Å². The molecule has 0 bridgehead atoms. The molecule has 0 aliphatic rings. The second kappa shape index (κ2) is 34.7. The van der Waals surface area contributed by atoms with Gasteiger partial charge in [0, 0.05) is 0 Å².